The SMILES string of the molecule is CCOc1cc(CN2CCCC3(CC2)CN(c2ccccc2)C(=O)O3)cc(OCC)c1-c1ccc(F)cc1.O=C=O. The van der Waals surface area contributed by atoms with Crippen molar-refractivity contribution in [2.75, 3.05) is 37.7 Å². The van der Waals surface area contributed by atoms with Crippen LogP contribution in [0.2, 0.25) is 0 Å². The highest BCUT2D eigenvalue weighted by molar-refractivity contribution is 5.90. The summed E-state index contributed by atoms with van der Waals surface area (Å²) in [7, 11) is 0. The Balaban J connectivity index is 0.00000124. The van der Waals surface area contributed by atoms with Gasteiger partial charge in [-0.15, -0.1) is 0 Å². The molecule has 41 heavy (non-hydrogen) atoms. The van der Waals surface area contributed by atoms with Crippen molar-refractivity contribution in [1.82, 2.24) is 4.90 Å². The van der Waals surface area contributed by atoms with Crippen LogP contribution in [-0.4, -0.2) is 55.6 Å². The molecule has 0 aliphatic carbocycles. The minimum atomic E-state index is -0.457. The van der Waals surface area contributed by atoms with E-state index in [1.54, 1.807) is 17.0 Å². The highest BCUT2D eigenvalue weighted by Crippen LogP contribution is 2.41. The maximum Gasteiger partial charge on any atom is 0.415 e. The Bertz CT molecular complexity index is 1320. The van der Waals surface area contributed by atoms with E-state index in [-0.39, 0.29) is 18.1 Å². The molecule has 0 radical (unpaired) electrons. The lowest BCUT2D eigenvalue weighted by Crippen LogP contribution is -2.36. The summed E-state index contributed by atoms with van der Waals surface area (Å²) >= 11 is 0. The molecule has 1 atom stereocenters. The molecule has 9 heteroatoms. The maximum atomic E-state index is 13.6. The Hall–Kier alpha value is -4.20. The largest absolute Gasteiger partial charge is 0.493 e. The average Bonchev–Trinajstić information content (AvgIpc) is 3.17. The molecule has 216 valence electrons. The molecule has 2 fully saturated rings. The van der Waals surface area contributed by atoms with Gasteiger partial charge in [0.15, 0.2) is 0 Å². The van der Waals surface area contributed by atoms with Gasteiger partial charge in [-0.25, -0.2) is 9.18 Å². The van der Waals surface area contributed by atoms with Gasteiger partial charge in [0, 0.05) is 25.2 Å². The third-order valence-electron chi connectivity index (χ3n) is 7.29. The molecule has 0 bridgehead atoms. The first-order valence-corrected chi connectivity index (χ1v) is 13.9. The number of carbonyl (C=O) groups is 1. The van der Waals surface area contributed by atoms with Crippen molar-refractivity contribution in [3.05, 3.63) is 78.1 Å². The number of likely N-dealkylation sites (tertiary alicyclic amines) is 1. The monoisotopic (exact) mass is 562 g/mol. The zero-order valence-electron chi connectivity index (χ0n) is 23.4. The molecule has 1 unspecified atom stereocenters. The Labute approximate surface area is 239 Å². The summed E-state index contributed by atoms with van der Waals surface area (Å²) in [5, 5.41) is 0. The molecule has 0 N–H and O–H groups in total. The van der Waals surface area contributed by atoms with Gasteiger partial charge in [-0.2, -0.15) is 9.59 Å². The molecular weight excluding hydrogens is 527 g/mol. The Morgan fingerprint density at radius 1 is 0.927 bits per heavy atom. The van der Waals surface area contributed by atoms with Gasteiger partial charge in [0.25, 0.3) is 0 Å². The molecule has 2 saturated heterocycles. The number of rotatable bonds is 8. The summed E-state index contributed by atoms with van der Waals surface area (Å²) in [6.07, 6.45) is 2.56. The average molecular weight is 563 g/mol. The van der Waals surface area contributed by atoms with E-state index in [9.17, 15) is 9.18 Å². The third kappa shape index (κ3) is 7.31. The predicted octanol–water partition coefficient (Wildman–Crippen LogP) is 6.09. The molecule has 8 nitrogen and oxygen atoms in total. The van der Waals surface area contributed by atoms with Crippen molar-refractivity contribution in [2.24, 2.45) is 0 Å². The fourth-order valence-corrected chi connectivity index (χ4v) is 5.51. The second kappa shape index (κ2) is 13.9. The number of hydrogen-bond acceptors (Lipinski definition) is 7. The first-order valence-electron chi connectivity index (χ1n) is 13.9. The topological polar surface area (TPSA) is 85.4 Å². The summed E-state index contributed by atoms with van der Waals surface area (Å²) in [5.41, 5.74) is 3.21. The number of carbonyl (C=O) groups excluding carboxylic acids is 3. The Morgan fingerprint density at radius 3 is 2.17 bits per heavy atom. The number of halogens is 1. The van der Waals surface area contributed by atoms with Gasteiger partial charge in [0.05, 0.1) is 25.3 Å². The molecule has 3 aromatic carbocycles. The molecule has 1 amide bonds. The molecule has 2 aliphatic rings. The standard InChI is InChI=1S/C31H35FN2O4.CO2/c1-3-36-27-19-23(20-28(37-4-2)29(27)24-11-13-25(32)14-12-24)21-33-17-8-15-31(16-18-33)22-34(30(35)38-31)26-9-6-5-7-10-26;2-1-3/h5-7,9-14,19-20H,3-4,8,15-18,21-22H2,1-2H3;. The summed E-state index contributed by atoms with van der Waals surface area (Å²) in [6, 6.07) is 20.3. The van der Waals surface area contributed by atoms with Gasteiger partial charge in [-0.1, -0.05) is 30.3 Å². The lowest BCUT2D eigenvalue weighted by Gasteiger charge is -2.26. The molecule has 0 aromatic heterocycles. The number of hydrogen-bond donors (Lipinski definition) is 0. The number of para-hydroxylation sites is 1. The number of amides is 1. The molecule has 2 aliphatic heterocycles. The highest BCUT2D eigenvalue weighted by Gasteiger charge is 2.46. The van der Waals surface area contributed by atoms with Crippen LogP contribution in [0.5, 0.6) is 11.5 Å². The van der Waals surface area contributed by atoms with Gasteiger partial charge in [0.1, 0.15) is 22.9 Å². The lowest BCUT2D eigenvalue weighted by atomic mass is 9.95. The van der Waals surface area contributed by atoms with Gasteiger partial charge in [-0.3, -0.25) is 9.80 Å². The van der Waals surface area contributed by atoms with E-state index < -0.39 is 5.60 Å². The maximum absolute atomic E-state index is 13.6. The van der Waals surface area contributed by atoms with Crippen molar-refractivity contribution in [3.8, 4) is 22.6 Å². The minimum absolute atomic E-state index is 0.250. The van der Waals surface area contributed by atoms with E-state index in [1.165, 1.54) is 12.1 Å². The molecule has 0 saturated carbocycles. The van der Waals surface area contributed by atoms with Crippen LogP contribution in [0.1, 0.15) is 38.7 Å². The fourth-order valence-electron chi connectivity index (χ4n) is 5.51. The van der Waals surface area contributed by atoms with Crippen LogP contribution < -0.4 is 14.4 Å². The summed E-state index contributed by atoms with van der Waals surface area (Å²) in [5.74, 6) is 1.18. The van der Waals surface area contributed by atoms with Crippen LogP contribution in [0, 0.1) is 5.82 Å². The van der Waals surface area contributed by atoms with Crippen molar-refractivity contribution in [3.63, 3.8) is 0 Å². The zero-order chi connectivity index (χ0) is 29.2. The summed E-state index contributed by atoms with van der Waals surface area (Å²) < 4.78 is 31.7. The smallest absolute Gasteiger partial charge is 0.415 e. The number of benzene rings is 3. The van der Waals surface area contributed by atoms with Crippen LogP contribution in [-0.2, 0) is 20.9 Å². The summed E-state index contributed by atoms with van der Waals surface area (Å²) in [6.45, 7) is 7.99. The van der Waals surface area contributed by atoms with E-state index in [1.807, 2.05) is 44.2 Å². The molecule has 1 spiro atoms. The fraction of sp³-hybridized carbons (Fsp3) is 0.375. The second-order valence-electron chi connectivity index (χ2n) is 10.0. The Kier molecular flexibility index (Phi) is 10.1. The highest BCUT2D eigenvalue weighted by atomic mass is 19.1. The molecule has 5 rings (SSSR count). The third-order valence-corrected chi connectivity index (χ3v) is 7.29. The van der Waals surface area contributed by atoms with Crippen LogP contribution in [0.25, 0.3) is 11.1 Å². The Morgan fingerprint density at radius 2 is 1.56 bits per heavy atom. The van der Waals surface area contributed by atoms with Crippen molar-refractivity contribution in [1.29, 1.82) is 0 Å². The van der Waals surface area contributed by atoms with Gasteiger partial charge in [0.2, 0.25) is 0 Å². The van der Waals surface area contributed by atoms with E-state index in [4.69, 9.17) is 23.8 Å². The van der Waals surface area contributed by atoms with Crippen molar-refractivity contribution < 1.29 is 33.0 Å². The van der Waals surface area contributed by atoms with E-state index in [2.05, 4.69) is 17.0 Å². The number of ether oxygens (including phenoxy) is 3. The molecular formula is C32H35FN2O6. The molecule has 2 heterocycles. The number of anilines is 1. The van der Waals surface area contributed by atoms with Crippen LogP contribution >= 0.6 is 0 Å². The first-order chi connectivity index (χ1) is 19.9. The second-order valence-corrected chi connectivity index (χ2v) is 10.0. The minimum Gasteiger partial charge on any atom is -0.493 e. The van der Waals surface area contributed by atoms with Crippen molar-refractivity contribution in [2.45, 2.75) is 45.3 Å². The van der Waals surface area contributed by atoms with Crippen LogP contribution in [0.4, 0.5) is 14.9 Å². The van der Waals surface area contributed by atoms with Gasteiger partial charge in [-0.05, 0) is 80.8 Å². The number of nitrogens with zero attached hydrogens (tertiary/aromatic N) is 2. The quantitative estimate of drug-likeness (QED) is 0.329. The zero-order valence-corrected chi connectivity index (χ0v) is 23.4. The molecule has 3 aromatic rings. The lowest BCUT2D eigenvalue weighted by molar-refractivity contribution is -0.191. The van der Waals surface area contributed by atoms with Gasteiger partial charge >= 0.3 is 12.2 Å². The van der Waals surface area contributed by atoms with E-state index in [0.29, 0.717) is 19.8 Å². The van der Waals surface area contributed by atoms with Gasteiger partial charge < -0.3 is 14.2 Å². The van der Waals surface area contributed by atoms with Crippen molar-refractivity contribution >= 4 is 17.9 Å². The normalized spacial score (nSPS) is 18.6. The van der Waals surface area contributed by atoms with E-state index >= 15 is 0 Å². The first kappa shape index (κ1) is 29.8. The summed E-state index contributed by atoms with van der Waals surface area (Å²) in [4.78, 5) is 33.2. The predicted molar refractivity (Wildman–Crippen MR) is 151 cm³/mol. The van der Waals surface area contributed by atoms with Crippen LogP contribution in [0.3, 0.4) is 0 Å². The van der Waals surface area contributed by atoms with Crippen LogP contribution in [0.15, 0.2) is 66.7 Å². The van der Waals surface area contributed by atoms with E-state index in [0.717, 1.165) is 72.8 Å².